The van der Waals surface area contributed by atoms with Crippen molar-refractivity contribution in [3.05, 3.63) is 95.3 Å². The zero-order valence-corrected chi connectivity index (χ0v) is 13.1. The summed E-state index contributed by atoms with van der Waals surface area (Å²) in [5.41, 5.74) is 2.42. The first kappa shape index (κ1) is 15.3. The maximum atomic E-state index is 12.9. The number of amides is 1. The minimum Gasteiger partial charge on any atom is -0.304 e. The van der Waals surface area contributed by atoms with E-state index < -0.39 is 0 Å². The van der Waals surface area contributed by atoms with E-state index in [0.29, 0.717) is 17.3 Å². The second-order valence-corrected chi connectivity index (χ2v) is 5.47. The Hall–Kier alpha value is -2.65. The molecule has 0 aliphatic carbocycles. The van der Waals surface area contributed by atoms with Gasteiger partial charge in [-0.2, -0.15) is 0 Å². The third kappa shape index (κ3) is 3.76. The topological polar surface area (TPSA) is 33.2 Å². The van der Waals surface area contributed by atoms with E-state index in [9.17, 15) is 4.79 Å². The first-order valence-corrected chi connectivity index (χ1v) is 7.64. The van der Waals surface area contributed by atoms with Crippen LogP contribution in [0.1, 0.15) is 15.9 Å². The van der Waals surface area contributed by atoms with E-state index in [0.717, 1.165) is 11.3 Å². The van der Waals surface area contributed by atoms with Crippen LogP contribution in [0.15, 0.2) is 79.0 Å². The molecule has 4 heteroatoms. The van der Waals surface area contributed by atoms with Crippen molar-refractivity contribution in [2.45, 2.75) is 6.54 Å². The summed E-state index contributed by atoms with van der Waals surface area (Å²) < 4.78 is 0. The molecule has 0 fully saturated rings. The zero-order chi connectivity index (χ0) is 16.1. The van der Waals surface area contributed by atoms with Crippen LogP contribution < -0.4 is 4.90 Å². The van der Waals surface area contributed by atoms with E-state index in [2.05, 4.69) is 4.98 Å². The van der Waals surface area contributed by atoms with Gasteiger partial charge in [0.15, 0.2) is 0 Å². The van der Waals surface area contributed by atoms with Gasteiger partial charge in [-0.3, -0.25) is 4.79 Å². The first-order chi connectivity index (χ1) is 11.2. The highest BCUT2D eigenvalue weighted by Gasteiger charge is 2.18. The van der Waals surface area contributed by atoms with Crippen molar-refractivity contribution in [2.24, 2.45) is 0 Å². The van der Waals surface area contributed by atoms with Crippen molar-refractivity contribution < 1.29 is 4.79 Å². The fourth-order valence-electron chi connectivity index (χ4n) is 2.35. The van der Waals surface area contributed by atoms with Crippen LogP contribution in [0.3, 0.4) is 0 Å². The predicted molar refractivity (Wildman–Crippen MR) is 92.6 cm³/mol. The van der Waals surface area contributed by atoms with Crippen LogP contribution in [0.5, 0.6) is 0 Å². The van der Waals surface area contributed by atoms with Gasteiger partial charge in [0.1, 0.15) is 5.15 Å². The zero-order valence-electron chi connectivity index (χ0n) is 12.4. The molecule has 3 nitrogen and oxygen atoms in total. The minimum atomic E-state index is -0.107. The van der Waals surface area contributed by atoms with Gasteiger partial charge >= 0.3 is 0 Å². The minimum absolute atomic E-state index is 0.107. The highest BCUT2D eigenvalue weighted by atomic mass is 35.5. The lowest BCUT2D eigenvalue weighted by molar-refractivity contribution is 0.0985. The van der Waals surface area contributed by atoms with Crippen molar-refractivity contribution in [3.8, 4) is 0 Å². The highest BCUT2D eigenvalue weighted by molar-refractivity contribution is 6.29. The van der Waals surface area contributed by atoms with E-state index in [1.165, 1.54) is 0 Å². The second kappa shape index (κ2) is 7.07. The van der Waals surface area contributed by atoms with Crippen LogP contribution in [0.2, 0.25) is 5.15 Å². The van der Waals surface area contributed by atoms with Gasteiger partial charge in [-0.1, -0.05) is 60.1 Å². The molecule has 3 aromatic rings. The standard InChI is InChI=1S/C19H15ClN2O/c20-18-13-16(11-12-21-18)19(23)22(17-9-5-2-6-10-17)14-15-7-3-1-4-8-15/h1-13H,14H2. The van der Waals surface area contributed by atoms with Gasteiger partial charge in [0.25, 0.3) is 5.91 Å². The van der Waals surface area contributed by atoms with Gasteiger partial charge in [0, 0.05) is 17.4 Å². The molecular weight excluding hydrogens is 308 g/mol. The Labute approximate surface area is 140 Å². The fraction of sp³-hybridized carbons (Fsp3) is 0.0526. The Morgan fingerprint density at radius 3 is 2.26 bits per heavy atom. The predicted octanol–water partition coefficient (Wildman–Crippen LogP) is 4.58. The Morgan fingerprint density at radius 2 is 1.61 bits per heavy atom. The Balaban J connectivity index is 1.96. The number of carbonyl (C=O) groups excluding carboxylic acids is 1. The van der Waals surface area contributed by atoms with Crippen LogP contribution in [-0.4, -0.2) is 10.9 Å². The molecule has 0 aliphatic rings. The van der Waals surface area contributed by atoms with E-state index in [1.807, 2.05) is 60.7 Å². The molecule has 2 aromatic carbocycles. The molecule has 114 valence electrons. The van der Waals surface area contributed by atoms with Gasteiger partial charge in [0.2, 0.25) is 0 Å². The van der Waals surface area contributed by atoms with E-state index in [-0.39, 0.29) is 5.91 Å². The molecule has 0 radical (unpaired) electrons. The number of nitrogens with zero attached hydrogens (tertiary/aromatic N) is 2. The molecule has 23 heavy (non-hydrogen) atoms. The average molecular weight is 323 g/mol. The molecule has 0 aliphatic heterocycles. The molecule has 0 saturated heterocycles. The number of aromatic nitrogens is 1. The van der Waals surface area contributed by atoms with Gasteiger partial charge in [-0.25, -0.2) is 4.98 Å². The summed E-state index contributed by atoms with van der Waals surface area (Å²) in [4.78, 5) is 18.6. The summed E-state index contributed by atoms with van der Waals surface area (Å²) in [6.45, 7) is 0.490. The molecule has 0 N–H and O–H groups in total. The molecule has 0 saturated carbocycles. The molecule has 1 amide bonds. The Bertz CT molecular complexity index is 791. The van der Waals surface area contributed by atoms with Crippen molar-refractivity contribution in [1.29, 1.82) is 0 Å². The maximum Gasteiger partial charge on any atom is 0.258 e. The normalized spacial score (nSPS) is 10.3. The second-order valence-electron chi connectivity index (χ2n) is 5.08. The molecule has 1 heterocycles. The SMILES string of the molecule is O=C(c1ccnc(Cl)c1)N(Cc1ccccc1)c1ccccc1. The molecule has 0 spiro atoms. The van der Waals surface area contributed by atoms with Crippen molar-refractivity contribution in [2.75, 3.05) is 4.90 Å². The third-order valence-electron chi connectivity index (χ3n) is 3.47. The third-order valence-corrected chi connectivity index (χ3v) is 3.68. The number of halogens is 1. The number of hydrogen-bond acceptors (Lipinski definition) is 2. The molecule has 3 rings (SSSR count). The van der Waals surface area contributed by atoms with Crippen LogP contribution in [0.25, 0.3) is 0 Å². The number of para-hydroxylation sites is 1. The van der Waals surface area contributed by atoms with Crippen molar-refractivity contribution in [1.82, 2.24) is 4.98 Å². The Morgan fingerprint density at radius 1 is 0.957 bits per heavy atom. The quantitative estimate of drug-likeness (QED) is 0.659. The summed E-state index contributed by atoms with van der Waals surface area (Å²) in [6, 6.07) is 22.8. The van der Waals surface area contributed by atoms with E-state index in [4.69, 9.17) is 11.6 Å². The van der Waals surface area contributed by atoms with Crippen molar-refractivity contribution >= 4 is 23.2 Å². The molecule has 0 bridgehead atoms. The van der Waals surface area contributed by atoms with Gasteiger partial charge in [0.05, 0.1) is 6.54 Å². The van der Waals surface area contributed by atoms with Crippen LogP contribution in [-0.2, 0) is 6.54 Å². The van der Waals surface area contributed by atoms with E-state index >= 15 is 0 Å². The van der Waals surface area contributed by atoms with Gasteiger partial charge < -0.3 is 4.90 Å². The smallest absolute Gasteiger partial charge is 0.258 e. The van der Waals surface area contributed by atoms with Crippen LogP contribution in [0, 0.1) is 0 Å². The number of carbonyl (C=O) groups is 1. The summed E-state index contributed by atoms with van der Waals surface area (Å²) >= 11 is 5.92. The summed E-state index contributed by atoms with van der Waals surface area (Å²) in [5, 5.41) is 0.309. The largest absolute Gasteiger partial charge is 0.304 e. The summed E-state index contributed by atoms with van der Waals surface area (Å²) in [6.07, 6.45) is 1.54. The monoisotopic (exact) mass is 322 g/mol. The lowest BCUT2D eigenvalue weighted by atomic mass is 10.1. The molecule has 0 unspecified atom stereocenters. The molecule has 0 atom stereocenters. The van der Waals surface area contributed by atoms with E-state index in [1.54, 1.807) is 23.2 Å². The van der Waals surface area contributed by atoms with Crippen LogP contribution in [0.4, 0.5) is 5.69 Å². The highest BCUT2D eigenvalue weighted by Crippen LogP contribution is 2.20. The fourth-order valence-corrected chi connectivity index (χ4v) is 2.52. The lowest BCUT2D eigenvalue weighted by Crippen LogP contribution is -2.30. The number of rotatable bonds is 4. The number of pyridine rings is 1. The number of anilines is 1. The van der Waals surface area contributed by atoms with Crippen LogP contribution >= 0.6 is 11.6 Å². The summed E-state index contributed by atoms with van der Waals surface area (Å²) in [5.74, 6) is -0.107. The lowest BCUT2D eigenvalue weighted by Gasteiger charge is -2.23. The Kier molecular flexibility index (Phi) is 4.69. The molecule has 1 aromatic heterocycles. The summed E-state index contributed by atoms with van der Waals surface area (Å²) in [7, 11) is 0. The van der Waals surface area contributed by atoms with Gasteiger partial charge in [-0.15, -0.1) is 0 Å². The molecular formula is C19H15ClN2O. The maximum absolute atomic E-state index is 12.9. The average Bonchev–Trinajstić information content (AvgIpc) is 2.61. The van der Waals surface area contributed by atoms with Crippen molar-refractivity contribution in [3.63, 3.8) is 0 Å². The van der Waals surface area contributed by atoms with Gasteiger partial charge in [-0.05, 0) is 29.8 Å². The number of hydrogen-bond donors (Lipinski definition) is 0. The number of benzene rings is 2. The first-order valence-electron chi connectivity index (χ1n) is 7.26.